The smallest absolute Gasteiger partial charge is 0.407 e. The number of hydrogen-bond donors (Lipinski definition) is 2. The van der Waals surface area contributed by atoms with E-state index >= 15 is 0 Å². The molecule has 138 valence electrons. The number of rotatable bonds is 6. The second-order valence-electron chi connectivity index (χ2n) is 6.61. The largest absolute Gasteiger partial charge is 0.468 e. The van der Waals surface area contributed by atoms with Crippen molar-refractivity contribution in [1.29, 1.82) is 0 Å². The fourth-order valence-electron chi connectivity index (χ4n) is 2.07. The van der Waals surface area contributed by atoms with E-state index in [0.29, 0.717) is 12.1 Å². The number of carbonyl (C=O) groups is 3. The number of nitrogens with one attached hydrogen (secondary N) is 2. The molecule has 0 aliphatic heterocycles. The van der Waals surface area contributed by atoms with Gasteiger partial charge in [0.05, 0.1) is 13.0 Å². The number of hydrogen-bond acceptors (Lipinski definition) is 5. The molecule has 2 N–H and O–H groups in total. The first-order valence-corrected chi connectivity index (χ1v) is 8.00. The summed E-state index contributed by atoms with van der Waals surface area (Å²) in [4.78, 5) is 34.8. The lowest BCUT2D eigenvalue weighted by atomic mass is 9.98. The van der Waals surface area contributed by atoms with Gasteiger partial charge >= 0.3 is 12.1 Å². The zero-order valence-corrected chi connectivity index (χ0v) is 15.3. The third-order valence-electron chi connectivity index (χ3n) is 3.26. The predicted molar refractivity (Wildman–Crippen MR) is 93.0 cm³/mol. The Balaban J connectivity index is 2.77. The highest BCUT2D eigenvalue weighted by Gasteiger charge is 2.24. The molecule has 0 saturated carbocycles. The molecule has 1 rings (SSSR count). The highest BCUT2D eigenvalue weighted by Crippen LogP contribution is 2.18. The minimum Gasteiger partial charge on any atom is -0.468 e. The zero-order chi connectivity index (χ0) is 19.0. The van der Waals surface area contributed by atoms with Gasteiger partial charge in [-0.25, -0.2) is 4.79 Å². The first-order valence-electron chi connectivity index (χ1n) is 8.00. The van der Waals surface area contributed by atoms with Crippen molar-refractivity contribution >= 4 is 18.0 Å². The van der Waals surface area contributed by atoms with Gasteiger partial charge in [-0.05, 0) is 31.9 Å². The van der Waals surface area contributed by atoms with Crippen molar-refractivity contribution in [1.82, 2.24) is 10.6 Å². The standard InChI is InChI=1S/C18H26N2O5/c1-12(21)19-10-13-6-8-14(9-7-13)15(16(22)24-5)11-20-17(23)25-18(2,3)4/h6-9,15H,10-11H2,1-5H3,(H,19,21)(H,20,23). The minimum absolute atomic E-state index is 0.0621. The first-order chi connectivity index (χ1) is 11.6. The molecule has 0 aromatic heterocycles. The molecule has 0 aliphatic carbocycles. The lowest BCUT2D eigenvalue weighted by Gasteiger charge is -2.21. The monoisotopic (exact) mass is 350 g/mol. The van der Waals surface area contributed by atoms with Gasteiger partial charge in [0.2, 0.25) is 5.91 Å². The van der Waals surface area contributed by atoms with Crippen molar-refractivity contribution in [2.45, 2.75) is 45.8 Å². The molecule has 7 heteroatoms. The van der Waals surface area contributed by atoms with Gasteiger partial charge in [0, 0.05) is 20.0 Å². The number of alkyl carbamates (subject to hydrolysis) is 1. The fourth-order valence-corrected chi connectivity index (χ4v) is 2.07. The van der Waals surface area contributed by atoms with Gasteiger partial charge in [-0.1, -0.05) is 24.3 Å². The molecule has 0 aliphatic rings. The molecule has 1 aromatic rings. The second kappa shape index (κ2) is 9.05. The van der Waals surface area contributed by atoms with Crippen molar-refractivity contribution in [2.75, 3.05) is 13.7 Å². The van der Waals surface area contributed by atoms with E-state index in [2.05, 4.69) is 10.6 Å². The first kappa shape index (κ1) is 20.5. The Morgan fingerprint density at radius 1 is 1.08 bits per heavy atom. The average molecular weight is 350 g/mol. The van der Waals surface area contributed by atoms with E-state index in [4.69, 9.17) is 9.47 Å². The summed E-state index contributed by atoms with van der Waals surface area (Å²) in [6.45, 7) is 7.21. The highest BCUT2D eigenvalue weighted by molar-refractivity contribution is 5.79. The number of benzene rings is 1. The van der Waals surface area contributed by atoms with Crippen LogP contribution in [0.5, 0.6) is 0 Å². The van der Waals surface area contributed by atoms with Gasteiger partial charge in [0.15, 0.2) is 0 Å². The Hall–Kier alpha value is -2.57. The summed E-state index contributed by atoms with van der Waals surface area (Å²) in [7, 11) is 1.30. The third-order valence-corrected chi connectivity index (χ3v) is 3.26. The topological polar surface area (TPSA) is 93.7 Å². The van der Waals surface area contributed by atoms with Crippen LogP contribution in [0.3, 0.4) is 0 Å². The maximum atomic E-state index is 12.0. The van der Waals surface area contributed by atoms with Crippen LogP contribution in [0, 0.1) is 0 Å². The lowest BCUT2D eigenvalue weighted by Crippen LogP contribution is -2.36. The molecule has 1 unspecified atom stereocenters. The summed E-state index contributed by atoms with van der Waals surface area (Å²) in [5, 5.41) is 5.29. The van der Waals surface area contributed by atoms with Gasteiger partial charge < -0.3 is 20.1 Å². The van der Waals surface area contributed by atoms with Crippen LogP contribution in [0.25, 0.3) is 0 Å². The van der Waals surface area contributed by atoms with E-state index in [1.54, 1.807) is 32.9 Å². The Labute approximate surface area is 148 Å². The molecule has 7 nitrogen and oxygen atoms in total. The average Bonchev–Trinajstić information content (AvgIpc) is 2.52. The fraction of sp³-hybridized carbons (Fsp3) is 0.500. The maximum Gasteiger partial charge on any atom is 0.407 e. The Morgan fingerprint density at radius 2 is 1.68 bits per heavy atom. The van der Waals surface area contributed by atoms with Crippen molar-refractivity contribution in [2.24, 2.45) is 0 Å². The number of methoxy groups -OCH3 is 1. The van der Waals surface area contributed by atoms with Crippen LogP contribution in [0.15, 0.2) is 24.3 Å². The summed E-state index contributed by atoms with van der Waals surface area (Å²) in [5.74, 6) is -1.21. The molecule has 25 heavy (non-hydrogen) atoms. The number of ether oxygens (including phenoxy) is 2. The van der Waals surface area contributed by atoms with Gasteiger partial charge in [-0.15, -0.1) is 0 Å². The highest BCUT2D eigenvalue weighted by atomic mass is 16.6. The summed E-state index contributed by atoms with van der Waals surface area (Å²) in [6.07, 6.45) is -0.594. The molecule has 0 saturated heterocycles. The molecule has 2 amide bonds. The third kappa shape index (κ3) is 7.69. The van der Waals surface area contributed by atoms with Crippen LogP contribution in [0.1, 0.15) is 44.7 Å². The van der Waals surface area contributed by atoms with Crippen LogP contribution in [-0.2, 0) is 25.6 Å². The van der Waals surface area contributed by atoms with Crippen molar-refractivity contribution in [3.8, 4) is 0 Å². The van der Waals surface area contributed by atoms with E-state index in [0.717, 1.165) is 5.56 Å². The van der Waals surface area contributed by atoms with E-state index in [9.17, 15) is 14.4 Å². The van der Waals surface area contributed by atoms with Crippen molar-refractivity contribution in [3.05, 3.63) is 35.4 Å². The van der Waals surface area contributed by atoms with Crippen LogP contribution >= 0.6 is 0 Å². The van der Waals surface area contributed by atoms with Crippen molar-refractivity contribution in [3.63, 3.8) is 0 Å². The SMILES string of the molecule is COC(=O)C(CNC(=O)OC(C)(C)C)c1ccc(CNC(C)=O)cc1. The Bertz CT molecular complexity index is 605. The van der Waals surface area contributed by atoms with Crippen LogP contribution in [-0.4, -0.2) is 37.2 Å². The molecule has 0 fully saturated rings. The molecular formula is C18H26N2O5. The summed E-state index contributed by atoms with van der Waals surface area (Å²) in [5.41, 5.74) is 0.994. The molecule has 0 spiro atoms. The Kier molecular flexibility index (Phi) is 7.42. The van der Waals surface area contributed by atoms with E-state index < -0.39 is 23.6 Å². The predicted octanol–water partition coefficient (Wildman–Crippen LogP) is 2.10. The maximum absolute atomic E-state index is 12.0. The minimum atomic E-state index is -0.646. The van der Waals surface area contributed by atoms with E-state index in [1.807, 2.05) is 12.1 Å². The second-order valence-corrected chi connectivity index (χ2v) is 6.61. The van der Waals surface area contributed by atoms with Gasteiger partial charge in [-0.3, -0.25) is 9.59 Å². The van der Waals surface area contributed by atoms with Gasteiger partial charge in [0.1, 0.15) is 5.60 Å². The Morgan fingerprint density at radius 3 is 2.16 bits per heavy atom. The number of amides is 2. The summed E-state index contributed by atoms with van der Waals surface area (Å²) < 4.78 is 9.99. The molecule has 0 bridgehead atoms. The van der Waals surface area contributed by atoms with E-state index in [1.165, 1.54) is 14.0 Å². The van der Waals surface area contributed by atoms with Gasteiger partial charge in [0.25, 0.3) is 0 Å². The number of esters is 1. The lowest BCUT2D eigenvalue weighted by molar-refractivity contribution is -0.142. The number of carbonyl (C=O) groups excluding carboxylic acids is 3. The summed E-state index contributed by atoms with van der Waals surface area (Å²) >= 11 is 0. The van der Waals surface area contributed by atoms with Crippen LogP contribution in [0.2, 0.25) is 0 Å². The van der Waals surface area contributed by atoms with Crippen LogP contribution in [0.4, 0.5) is 4.79 Å². The summed E-state index contributed by atoms with van der Waals surface area (Å²) in [6, 6.07) is 7.17. The molecule has 0 radical (unpaired) electrons. The van der Waals surface area contributed by atoms with Crippen LogP contribution < -0.4 is 10.6 Å². The van der Waals surface area contributed by atoms with Crippen molar-refractivity contribution < 1.29 is 23.9 Å². The molecule has 1 atom stereocenters. The van der Waals surface area contributed by atoms with Gasteiger partial charge in [-0.2, -0.15) is 0 Å². The zero-order valence-electron chi connectivity index (χ0n) is 15.3. The molecule has 1 aromatic carbocycles. The quantitative estimate of drug-likeness (QED) is 0.766. The molecule has 0 heterocycles. The van der Waals surface area contributed by atoms with E-state index in [-0.39, 0.29) is 12.5 Å². The normalized spacial score (nSPS) is 12.0. The molecular weight excluding hydrogens is 324 g/mol.